The number of hydrogen-bond acceptors (Lipinski definition) is 0. The first-order valence-corrected chi connectivity index (χ1v) is 4.94. The number of alkyl halides is 3. The largest absolute Gasteiger partial charge is 0.412 e. The molecule has 0 saturated heterocycles. The van der Waals surface area contributed by atoms with Crippen LogP contribution < -0.4 is 0 Å². The molecule has 0 bridgehead atoms. The Hall–Kier alpha value is -0.470. The molecule has 84 valence electrons. The smallest absolute Gasteiger partial charge is 0.166 e. The molecule has 0 fully saturated rings. The Kier molecular flexibility index (Phi) is 4.22. The van der Waals surface area contributed by atoms with E-state index in [4.69, 9.17) is 0 Å². The number of halogens is 3. The van der Waals surface area contributed by atoms with Crippen molar-refractivity contribution >= 4 is 0 Å². The predicted molar refractivity (Wildman–Crippen MR) is 53.1 cm³/mol. The van der Waals surface area contributed by atoms with Crippen LogP contribution in [0.5, 0.6) is 0 Å². The Morgan fingerprint density at radius 1 is 0.929 bits per heavy atom. The van der Waals surface area contributed by atoms with E-state index in [1.807, 2.05) is 20.8 Å². The summed E-state index contributed by atoms with van der Waals surface area (Å²) in [6.07, 6.45) is -2.71. The Labute approximate surface area is 84.2 Å². The number of allylic oxidation sites excluding steroid dienone is 2. The van der Waals surface area contributed by atoms with Crippen LogP contribution in [0.2, 0.25) is 0 Å². The summed E-state index contributed by atoms with van der Waals surface area (Å²) < 4.78 is 37.3. The molecule has 0 heterocycles. The van der Waals surface area contributed by atoms with Gasteiger partial charge in [-0.05, 0) is 32.1 Å². The summed E-state index contributed by atoms with van der Waals surface area (Å²) in [5.74, 6) is 0. The first kappa shape index (κ1) is 13.5. The molecular weight excluding hydrogens is 189 g/mol. The van der Waals surface area contributed by atoms with Gasteiger partial charge >= 0.3 is 6.18 Å². The predicted octanol–water partition coefficient (Wildman–Crippen LogP) is 4.71. The van der Waals surface area contributed by atoms with Gasteiger partial charge in [-0.1, -0.05) is 26.3 Å². The molecule has 0 N–H and O–H groups in total. The van der Waals surface area contributed by atoms with E-state index in [9.17, 15) is 13.2 Å². The molecule has 0 nitrogen and oxygen atoms in total. The minimum atomic E-state index is -4.18. The molecule has 0 aliphatic heterocycles. The average Bonchev–Trinajstić information content (AvgIpc) is 2.12. The summed E-state index contributed by atoms with van der Waals surface area (Å²) in [7, 11) is 0. The molecule has 0 unspecified atom stereocenters. The second kappa shape index (κ2) is 4.37. The van der Waals surface area contributed by atoms with Gasteiger partial charge in [-0.2, -0.15) is 13.2 Å². The summed E-state index contributed by atoms with van der Waals surface area (Å²) in [6, 6.07) is 0. The average molecular weight is 208 g/mol. The third kappa shape index (κ3) is 2.76. The minimum absolute atomic E-state index is 0.320. The number of hydrogen-bond donors (Lipinski definition) is 0. The van der Waals surface area contributed by atoms with Crippen molar-refractivity contribution in [3.63, 3.8) is 0 Å². The van der Waals surface area contributed by atoms with Gasteiger partial charge in [0.1, 0.15) is 0 Å². The first-order valence-electron chi connectivity index (χ1n) is 4.94. The molecule has 0 aromatic rings. The second-order valence-electron chi connectivity index (χ2n) is 4.02. The van der Waals surface area contributed by atoms with E-state index in [1.165, 1.54) is 6.92 Å². The van der Waals surface area contributed by atoms with Crippen LogP contribution in [0.3, 0.4) is 0 Å². The Morgan fingerprint density at radius 2 is 1.29 bits per heavy atom. The van der Waals surface area contributed by atoms with Crippen molar-refractivity contribution in [1.29, 1.82) is 0 Å². The maximum atomic E-state index is 12.4. The van der Waals surface area contributed by atoms with Gasteiger partial charge in [0.05, 0.1) is 0 Å². The van der Waals surface area contributed by atoms with Crippen LogP contribution in [0.4, 0.5) is 13.2 Å². The molecule has 0 aromatic heterocycles. The number of rotatable bonds is 3. The standard InChI is InChI=1S/C11H19F3/c1-6-10(5,7-2)8(3)9(4)11(12,13)14/h6-7H2,1-5H3/b9-8+. The normalized spacial score (nSPS) is 15.4. The maximum absolute atomic E-state index is 12.4. The van der Waals surface area contributed by atoms with Crippen molar-refractivity contribution in [2.75, 3.05) is 0 Å². The molecule has 0 saturated carbocycles. The molecule has 0 aliphatic carbocycles. The lowest BCUT2D eigenvalue weighted by Crippen LogP contribution is -2.21. The fourth-order valence-electron chi connectivity index (χ4n) is 1.45. The fraction of sp³-hybridized carbons (Fsp3) is 0.818. The molecule has 0 spiro atoms. The summed E-state index contributed by atoms with van der Waals surface area (Å²) >= 11 is 0. The van der Waals surface area contributed by atoms with Crippen LogP contribution in [0.15, 0.2) is 11.1 Å². The Bertz CT molecular complexity index is 219. The Balaban J connectivity index is 5.18. The van der Waals surface area contributed by atoms with E-state index < -0.39 is 11.7 Å². The summed E-state index contributed by atoms with van der Waals surface area (Å²) in [6.45, 7) is 8.50. The highest BCUT2D eigenvalue weighted by molar-refractivity contribution is 5.21. The van der Waals surface area contributed by atoms with E-state index in [-0.39, 0.29) is 5.41 Å². The highest BCUT2D eigenvalue weighted by Gasteiger charge is 2.35. The van der Waals surface area contributed by atoms with Crippen molar-refractivity contribution in [3.8, 4) is 0 Å². The molecule has 0 atom stereocenters. The van der Waals surface area contributed by atoms with Crippen LogP contribution in [-0.4, -0.2) is 6.18 Å². The van der Waals surface area contributed by atoms with Gasteiger partial charge in [0.15, 0.2) is 0 Å². The molecule has 0 radical (unpaired) electrons. The van der Waals surface area contributed by atoms with Gasteiger partial charge in [0.2, 0.25) is 0 Å². The molecule has 0 rings (SSSR count). The molecule has 3 heteroatoms. The van der Waals surface area contributed by atoms with Gasteiger partial charge < -0.3 is 0 Å². The molecule has 0 amide bonds. The first-order chi connectivity index (χ1) is 6.19. The third-order valence-electron chi connectivity index (χ3n) is 3.45. The van der Waals surface area contributed by atoms with Crippen molar-refractivity contribution in [2.45, 2.75) is 53.6 Å². The van der Waals surface area contributed by atoms with E-state index in [0.717, 1.165) is 12.8 Å². The van der Waals surface area contributed by atoms with Gasteiger partial charge in [0, 0.05) is 5.57 Å². The maximum Gasteiger partial charge on any atom is 0.412 e. The van der Waals surface area contributed by atoms with Crippen LogP contribution in [0, 0.1) is 5.41 Å². The zero-order valence-corrected chi connectivity index (χ0v) is 9.55. The highest BCUT2D eigenvalue weighted by atomic mass is 19.4. The quantitative estimate of drug-likeness (QED) is 0.589. The highest BCUT2D eigenvalue weighted by Crippen LogP contribution is 2.40. The van der Waals surface area contributed by atoms with E-state index in [2.05, 4.69) is 0 Å². The monoisotopic (exact) mass is 208 g/mol. The zero-order valence-electron chi connectivity index (χ0n) is 9.55. The zero-order chi connectivity index (χ0) is 11.6. The van der Waals surface area contributed by atoms with Crippen molar-refractivity contribution in [2.24, 2.45) is 5.41 Å². The molecule has 0 aliphatic rings. The van der Waals surface area contributed by atoms with Crippen LogP contribution >= 0.6 is 0 Å². The Morgan fingerprint density at radius 3 is 1.50 bits per heavy atom. The molecule has 14 heavy (non-hydrogen) atoms. The fourth-order valence-corrected chi connectivity index (χ4v) is 1.45. The molecule has 0 aromatic carbocycles. The van der Waals surface area contributed by atoms with Crippen molar-refractivity contribution < 1.29 is 13.2 Å². The third-order valence-corrected chi connectivity index (χ3v) is 3.45. The van der Waals surface area contributed by atoms with Crippen molar-refractivity contribution in [3.05, 3.63) is 11.1 Å². The van der Waals surface area contributed by atoms with Crippen LogP contribution in [0.1, 0.15) is 47.5 Å². The summed E-state index contributed by atoms with van der Waals surface area (Å²) in [5.41, 5.74) is -0.293. The van der Waals surface area contributed by atoms with Crippen LogP contribution in [-0.2, 0) is 0 Å². The van der Waals surface area contributed by atoms with Crippen molar-refractivity contribution in [1.82, 2.24) is 0 Å². The lowest BCUT2D eigenvalue weighted by atomic mass is 9.76. The van der Waals surface area contributed by atoms with Crippen LogP contribution in [0.25, 0.3) is 0 Å². The lowest BCUT2D eigenvalue weighted by molar-refractivity contribution is -0.0931. The van der Waals surface area contributed by atoms with E-state index >= 15 is 0 Å². The topological polar surface area (TPSA) is 0 Å². The SMILES string of the molecule is CCC(C)(CC)/C(C)=C(\C)C(F)(F)F. The lowest BCUT2D eigenvalue weighted by Gasteiger charge is -2.30. The van der Waals surface area contributed by atoms with Gasteiger partial charge in [0.25, 0.3) is 0 Å². The second-order valence-corrected chi connectivity index (χ2v) is 4.02. The van der Waals surface area contributed by atoms with E-state index in [0.29, 0.717) is 5.57 Å². The molecular formula is C11H19F3. The van der Waals surface area contributed by atoms with Gasteiger partial charge in [-0.15, -0.1) is 0 Å². The summed E-state index contributed by atoms with van der Waals surface area (Å²) in [4.78, 5) is 0. The summed E-state index contributed by atoms with van der Waals surface area (Å²) in [5, 5.41) is 0. The van der Waals surface area contributed by atoms with Gasteiger partial charge in [-0.25, -0.2) is 0 Å². The minimum Gasteiger partial charge on any atom is -0.166 e. The van der Waals surface area contributed by atoms with Gasteiger partial charge in [-0.3, -0.25) is 0 Å². The van der Waals surface area contributed by atoms with E-state index in [1.54, 1.807) is 6.92 Å².